The summed E-state index contributed by atoms with van der Waals surface area (Å²) in [6.07, 6.45) is 3.94. The maximum absolute atomic E-state index is 12.7. The van der Waals surface area contributed by atoms with Gasteiger partial charge in [-0.3, -0.25) is 0 Å². The van der Waals surface area contributed by atoms with E-state index in [1.807, 2.05) is 63.3 Å². The van der Waals surface area contributed by atoms with Crippen LogP contribution >= 0.6 is 11.3 Å². The van der Waals surface area contributed by atoms with Crippen molar-refractivity contribution in [2.24, 2.45) is 0 Å². The predicted octanol–water partition coefficient (Wildman–Crippen LogP) is 4.81. The number of rotatable bonds is 6. The summed E-state index contributed by atoms with van der Waals surface area (Å²) >= 11 is 1.64. The van der Waals surface area contributed by atoms with Crippen LogP contribution in [0.1, 0.15) is 30.0 Å². The molecule has 0 bridgehead atoms. The van der Waals surface area contributed by atoms with Crippen LogP contribution in [0.5, 0.6) is 0 Å². The molecule has 0 aliphatic rings. The van der Waals surface area contributed by atoms with Gasteiger partial charge in [0.2, 0.25) is 10.0 Å². The van der Waals surface area contributed by atoms with E-state index in [1.165, 1.54) is 4.31 Å². The molecule has 0 radical (unpaired) electrons. The highest BCUT2D eigenvalue weighted by atomic mass is 32.2. The Balaban J connectivity index is 1.87. The van der Waals surface area contributed by atoms with Crippen molar-refractivity contribution in [1.29, 1.82) is 0 Å². The third kappa shape index (κ3) is 3.72. The monoisotopic (exact) mass is 386 g/mol. The van der Waals surface area contributed by atoms with Gasteiger partial charge in [0.05, 0.1) is 15.1 Å². The molecule has 0 saturated carbocycles. The van der Waals surface area contributed by atoms with Gasteiger partial charge in [0.1, 0.15) is 5.01 Å². The van der Waals surface area contributed by atoms with E-state index in [9.17, 15) is 8.42 Å². The average Bonchev–Trinajstić information content (AvgIpc) is 3.03. The standard InChI is InChI=1S/C20H22N2O2S2/c1-4-22(5-2)26(23,24)19-12-10-16(14-15(19)3)11-13-20-21-17-8-6-7-9-18(17)25-20/h6-14H,4-5H2,1-3H3/b13-11+. The molecule has 0 aliphatic heterocycles. The number of sulfonamides is 1. The van der Waals surface area contributed by atoms with Gasteiger partial charge in [-0.05, 0) is 42.3 Å². The first kappa shape index (κ1) is 18.8. The molecule has 0 atom stereocenters. The Hall–Kier alpha value is -2.02. The zero-order valence-electron chi connectivity index (χ0n) is 15.1. The third-order valence-electron chi connectivity index (χ3n) is 4.25. The van der Waals surface area contributed by atoms with Crippen LogP contribution in [0.4, 0.5) is 0 Å². The fourth-order valence-electron chi connectivity index (χ4n) is 2.90. The number of thiazole rings is 1. The number of benzene rings is 2. The van der Waals surface area contributed by atoms with Crippen molar-refractivity contribution in [3.63, 3.8) is 0 Å². The van der Waals surface area contributed by atoms with Gasteiger partial charge >= 0.3 is 0 Å². The molecule has 6 heteroatoms. The van der Waals surface area contributed by atoms with Crippen molar-refractivity contribution < 1.29 is 8.42 Å². The van der Waals surface area contributed by atoms with Crippen molar-refractivity contribution in [3.8, 4) is 0 Å². The first-order valence-corrected chi connectivity index (χ1v) is 10.9. The molecule has 2 aromatic carbocycles. The fraction of sp³-hybridized carbons (Fsp3) is 0.250. The van der Waals surface area contributed by atoms with Gasteiger partial charge < -0.3 is 0 Å². The highest BCUT2D eigenvalue weighted by Crippen LogP contribution is 2.25. The summed E-state index contributed by atoms with van der Waals surface area (Å²) < 4.78 is 28.0. The van der Waals surface area contributed by atoms with Gasteiger partial charge in [0.15, 0.2) is 0 Å². The van der Waals surface area contributed by atoms with Gasteiger partial charge in [0.25, 0.3) is 0 Å². The largest absolute Gasteiger partial charge is 0.243 e. The molecule has 3 aromatic rings. The lowest BCUT2D eigenvalue weighted by Gasteiger charge is -2.19. The Bertz CT molecular complexity index is 1020. The maximum atomic E-state index is 12.7. The molecule has 3 rings (SSSR count). The molecule has 26 heavy (non-hydrogen) atoms. The predicted molar refractivity (Wildman–Crippen MR) is 110 cm³/mol. The average molecular weight is 387 g/mol. The lowest BCUT2D eigenvalue weighted by molar-refractivity contribution is 0.445. The minimum Gasteiger partial charge on any atom is -0.237 e. The van der Waals surface area contributed by atoms with E-state index in [2.05, 4.69) is 11.1 Å². The zero-order chi connectivity index (χ0) is 18.7. The highest BCUT2D eigenvalue weighted by molar-refractivity contribution is 7.89. The molecule has 136 valence electrons. The summed E-state index contributed by atoms with van der Waals surface area (Å²) in [6.45, 7) is 6.48. The first-order valence-electron chi connectivity index (χ1n) is 8.60. The topological polar surface area (TPSA) is 50.3 Å². The number of aryl methyl sites for hydroxylation is 1. The molecular formula is C20H22N2O2S2. The summed E-state index contributed by atoms with van der Waals surface area (Å²) in [5.74, 6) is 0. The SMILES string of the molecule is CCN(CC)S(=O)(=O)c1ccc(/C=C/c2nc3ccccc3s2)cc1C. The Morgan fingerprint density at radius 2 is 1.81 bits per heavy atom. The molecule has 0 aliphatic carbocycles. The Morgan fingerprint density at radius 3 is 2.46 bits per heavy atom. The molecule has 4 nitrogen and oxygen atoms in total. The van der Waals surface area contributed by atoms with Crippen molar-refractivity contribution >= 4 is 43.7 Å². The van der Waals surface area contributed by atoms with Gasteiger partial charge in [0, 0.05) is 13.1 Å². The summed E-state index contributed by atoms with van der Waals surface area (Å²) in [7, 11) is -3.43. The van der Waals surface area contributed by atoms with Crippen molar-refractivity contribution in [2.75, 3.05) is 13.1 Å². The number of hydrogen-bond donors (Lipinski definition) is 0. The van der Waals surface area contributed by atoms with Crippen molar-refractivity contribution in [3.05, 3.63) is 58.6 Å². The van der Waals surface area contributed by atoms with Crippen LogP contribution in [0.3, 0.4) is 0 Å². The van der Waals surface area contributed by atoms with Gasteiger partial charge in [-0.1, -0.05) is 44.2 Å². The molecule has 0 saturated heterocycles. The highest BCUT2D eigenvalue weighted by Gasteiger charge is 2.23. The molecule has 0 spiro atoms. The number of nitrogens with zero attached hydrogens (tertiary/aromatic N) is 2. The van der Waals surface area contributed by atoms with Crippen LogP contribution in [0.15, 0.2) is 47.4 Å². The number of fused-ring (bicyclic) bond motifs is 1. The fourth-order valence-corrected chi connectivity index (χ4v) is 5.43. The third-order valence-corrected chi connectivity index (χ3v) is 7.46. The second-order valence-electron chi connectivity index (χ2n) is 5.97. The quantitative estimate of drug-likeness (QED) is 0.611. The normalized spacial score (nSPS) is 12.5. The zero-order valence-corrected chi connectivity index (χ0v) is 16.8. The summed E-state index contributed by atoms with van der Waals surface area (Å²) in [5.41, 5.74) is 2.71. The summed E-state index contributed by atoms with van der Waals surface area (Å²) in [6, 6.07) is 13.5. The van der Waals surface area contributed by atoms with E-state index in [0.717, 1.165) is 26.4 Å². The second-order valence-corrected chi connectivity index (χ2v) is 8.94. The Kier molecular flexibility index (Phi) is 5.55. The minimum atomic E-state index is -3.43. The molecule has 1 heterocycles. The van der Waals surface area contributed by atoms with E-state index in [-0.39, 0.29) is 0 Å². The van der Waals surface area contributed by atoms with Crippen LogP contribution < -0.4 is 0 Å². The number of para-hydroxylation sites is 1. The number of hydrogen-bond acceptors (Lipinski definition) is 4. The van der Waals surface area contributed by atoms with Crippen LogP contribution in [0.25, 0.3) is 22.4 Å². The minimum absolute atomic E-state index is 0.373. The molecule has 0 fully saturated rings. The van der Waals surface area contributed by atoms with E-state index in [0.29, 0.717) is 18.0 Å². The number of aromatic nitrogens is 1. The molecule has 1 aromatic heterocycles. The molecule has 0 unspecified atom stereocenters. The van der Waals surface area contributed by atoms with E-state index in [4.69, 9.17) is 0 Å². The van der Waals surface area contributed by atoms with Crippen molar-refractivity contribution in [1.82, 2.24) is 9.29 Å². The molecule has 0 N–H and O–H groups in total. The van der Waals surface area contributed by atoms with Crippen LogP contribution in [-0.2, 0) is 10.0 Å². The molecule has 0 amide bonds. The lowest BCUT2D eigenvalue weighted by Crippen LogP contribution is -2.31. The van der Waals surface area contributed by atoms with Crippen LogP contribution in [0, 0.1) is 6.92 Å². The van der Waals surface area contributed by atoms with Gasteiger partial charge in [-0.25, -0.2) is 13.4 Å². The smallest absolute Gasteiger partial charge is 0.237 e. The van der Waals surface area contributed by atoms with Crippen LogP contribution in [-0.4, -0.2) is 30.8 Å². The summed E-state index contributed by atoms with van der Waals surface area (Å²) in [5, 5.41) is 0.934. The lowest BCUT2D eigenvalue weighted by atomic mass is 10.1. The maximum Gasteiger partial charge on any atom is 0.243 e. The molecular weight excluding hydrogens is 364 g/mol. The Morgan fingerprint density at radius 1 is 1.08 bits per heavy atom. The van der Waals surface area contributed by atoms with E-state index >= 15 is 0 Å². The summed E-state index contributed by atoms with van der Waals surface area (Å²) in [4.78, 5) is 4.95. The van der Waals surface area contributed by atoms with Crippen molar-refractivity contribution in [2.45, 2.75) is 25.7 Å². The van der Waals surface area contributed by atoms with Gasteiger partial charge in [-0.2, -0.15) is 4.31 Å². The first-order chi connectivity index (χ1) is 12.5. The van der Waals surface area contributed by atoms with Crippen LogP contribution in [0.2, 0.25) is 0 Å². The second kappa shape index (κ2) is 7.70. The van der Waals surface area contributed by atoms with E-state index < -0.39 is 10.0 Å². The van der Waals surface area contributed by atoms with E-state index in [1.54, 1.807) is 17.4 Å². The Labute approximate surface area is 158 Å². The van der Waals surface area contributed by atoms with Gasteiger partial charge in [-0.15, -0.1) is 11.3 Å².